The first-order valence-electron chi connectivity index (χ1n) is 10.1. The second-order valence-electron chi connectivity index (χ2n) is 8.33. The molecule has 0 atom stereocenters. The summed E-state index contributed by atoms with van der Waals surface area (Å²) in [6.45, 7) is 11.3. The van der Waals surface area contributed by atoms with Crippen LogP contribution in [0.2, 0.25) is 0 Å². The predicted molar refractivity (Wildman–Crippen MR) is 117 cm³/mol. The lowest BCUT2D eigenvalue weighted by Gasteiger charge is -2.18. The third-order valence-corrected chi connectivity index (χ3v) is 4.16. The molecule has 1 N–H and O–H groups in total. The van der Waals surface area contributed by atoms with Gasteiger partial charge in [0.05, 0.1) is 24.0 Å². The molecule has 164 valence electrons. The highest BCUT2D eigenvalue weighted by Crippen LogP contribution is 2.30. The Balaban J connectivity index is 2.05. The van der Waals surface area contributed by atoms with Crippen LogP contribution in [0, 0.1) is 0 Å². The fourth-order valence-corrected chi connectivity index (χ4v) is 2.94. The summed E-state index contributed by atoms with van der Waals surface area (Å²) in [5, 5.41) is 16.4. The van der Waals surface area contributed by atoms with Gasteiger partial charge in [0.2, 0.25) is 0 Å². The molecule has 0 bridgehead atoms. The molecule has 0 unspecified atom stereocenters. The Labute approximate surface area is 180 Å². The number of esters is 1. The maximum Gasteiger partial charge on any atom is 0.435 e. The van der Waals surface area contributed by atoms with Gasteiger partial charge in [-0.15, -0.1) is 10.2 Å². The minimum atomic E-state index is -0.619. The first-order chi connectivity index (χ1) is 14.6. The largest absolute Gasteiger partial charge is 0.461 e. The molecule has 0 saturated heterocycles. The molecule has 3 rings (SSSR count). The second-order valence-corrected chi connectivity index (χ2v) is 8.33. The summed E-state index contributed by atoms with van der Waals surface area (Å²) in [7, 11) is 0. The average Bonchev–Trinajstić information content (AvgIpc) is 3.17. The van der Waals surface area contributed by atoms with Crippen molar-refractivity contribution in [3.05, 3.63) is 36.3 Å². The summed E-state index contributed by atoms with van der Waals surface area (Å²) in [5.41, 5.74) is 2.21. The van der Waals surface area contributed by atoms with Crippen LogP contribution >= 0.6 is 0 Å². The fourth-order valence-electron chi connectivity index (χ4n) is 2.94. The van der Waals surface area contributed by atoms with Gasteiger partial charge in [0.25, 0.3) is 0 Å². The van der Waals surface area contributed by atoms with E-state index in [9.17, 15) is 9.59 Å². The van der Waals surface area contributed by atoms with E-state index in [1.807, 2.05) is 32.0 Å². The van der Waals surface area contributed by atoms with Crippen molar-refractivity contribution in [1.82, 2.24) is 20.0 Å². The van der Waals surface area contributed by atoms with Crippen LogP contribution in [0.15, 0.2) is 30.6 Å². The third-order valence-electron chi connectivity index (χ3n) is 4.16. The number of carbonyl (C=O) groups excluding carboxylic acids is 2. The van der Waals surface area contributed by atoms with E-state index in [0.717, 1.165) is 15.8 Å². The number of fused-ring (bicyclic) bond motifs is 1. The van der Waals surface area contributed by atoms with Gasteiger partial charge < -0.3 is 14.8 Å². The Morgan fingerprint density at radius 3 is 2.55 bits per heavy atom. The molecule has 3 aromatic rings. The number of hydrogen-bond donors (Lipinski definition) is 1. The van der Waals surface area contributed by atoms with Gasteiger partial charge in [0.15, 0.2) is 5.69 Å². The van der Waals surface area contributed by atoms with E-state index in [1.54, 1.807) is 40.1 Å². The van der Waals surface area contributed by atoms with Gasteiger partial charge in [-0.05, 0) is 59.2 Å². The average molecular weight is 425 g/mol. The minimum absolute atomic E-state index is 0.0548. The van der Waals surface area contributed by atoms with Crippen LogP contribution < -0.4 is 5.32 Å². The number of rotatable bonds is 5. The van der Waals surface area contributed by atoms with Gasteiger partial charge in [0, 0.05) is 23.2 Å². The molecule has 9 nitrogen and oxygen atoms in total. The molecule has 0 aliphatic heterocycles. The molecule has 1 aromatic carbocycles. The van der Waals surface area contributed by atoms with E-state index in [-0.39, 0.29) is 18.3 Å². The standard InChI is InChI=1S/C22H27N5O4/c1-7-30-20(28)19-18(24-13(2)3)16-10-14(8-9-17(16)25-26-19)15-11-23-27(12-15)21(29)31-22(4,5)6/h8-13H,7H2,1-6H3,(H,24,25). The normalized spacial score (nSPS) is 11.6. The van der Waals surface area contributed by atoms with E-state index in [2.05, 4.69) is 20.6 Å². The topological polar surface area (TPSA) is 108 Å². The summed E-state index contributed by atoms with van der Waals surface area (Å²) in [4.78, 5) is 24.7. The van der Waals surface area contributed by atoms with Crippen molar-refractivity contribution in [2.45, 2.75) is 53.2 Å². The van der Waals surface area contributed by atoms with Crippen molar-refractivity contribution in [1.29, 1.82) is 0 Å². The Bertz CT molecular complexity index is 1110. The van der Waals surface area contributed by atoms with Crippen LogP contribution in [0.3, 0.4) is 0 Å². The van der Waals surface area contributed by atoms with Crippen molar-refractivity contribution in [3.63, 3.8) is 0 Å². The lowest BCUT2D eigenvalue weighted by Crippen LogP contribution is -2.27. The van der Waals surface area contributed by atoms with Crippen LogP contribution in [-0.2, 0) is 9.47 Å². The molecule has 0 aliphatic carbocycles. The predicted octanol–water partition coefficient (Wildman–Crippen LogP) is 4.27. The molecule has 0 aliphatic rings. The monoisotopic (exact) mass is 425 g/mol. The van der Waals surface area contributed by atoms with E-state index in [1.165, 1.54) is 0 Å². The van der Waals surface area contributed by atoms with E-state index in [4.69, 9.17) is 9.47 Å². The number of nitrogens with one attached hydrogen (secondary N) is 1. The first kappa shape index (κ1) is 22.2. The highest BCUT2D eigenvalue weighted by Gasteiger charge is 2.21. The molecule has 9 heteroatoms. The van der Waals surface area contributed by atoms with Crippen LogP contribution in [0.4, 0.5) is 10.5 Å². The highest BCUT2D eigenvalue weighted by molar-refractivity contribution is 6.04. The lowest BCUT2D eigenvalue weighted by molar-refractivity contribution is 0.0506. The van der Waals surface area contributed by atoms with Crippen LogP contribution in [0.1, 0.15) is 52.0 Å². The molecule has 0 amide bonds. The van der Waals surface area contributed by atoms with Crippen molar-refractivity contribution in [2.24, 2.45) is 0 Å². The second kappa shape index (κ2) is 8.71. The summed E-state index contributed by atoms with van der Waals surface area (Å²) in [6, 6.07) is 5.60. The van der Waals surface area contributed by atoms with Crippen molar-refractivity contribution in [3.8, 4) is 11.1 Å². The summed E-state index contributed by atoms with van der Waals surface area (Å²) < 4.78 is 11.6. The van der Waals surface area contributed by atoms with Gasteiger partial charge in [-0.3, -0.25) is 0 Å². The lowest BCUT2D eigenvalue weighted by atomic mass is 10.0. The highest BCUT2D eigenvalue weighted by atomic mass is 16.6. The zero-order valence-corrected chi connectivity index (χ0v) is 18.6. The van der Waals surface area contributed by atoms with Crippen LogP contribution in [-0.4, -0.2) is 50.3 Å². The molecular weight excluding hydrogens is 398 g/mol. The molecule has 31 heavy (non-hydrogen) atoms. The zero-order chi connectivity index (χ0) is 22.8. The maximum atomic E-state index is 12.4. The van der Waals surface area contributed by atoms with E-state index in [0.29, 0.717) is 16.6 Å². The van der Waals surface area contributed by atoms with Crippen molar-refractivity contribution < 1.29 is 19.1 Å². The number of carbonyl (C=O) groups is 2. The smallest absolute Gasteiger partial charge is 0.435 e. The maximum absolute atomic E-state index is 12.4. The van der Waals surface area contributed by atoms with Crippen molar-refractivity contribution in [2.75, 3.05) is 11.9 Å². The van der Waals surface area contributed by atoms with Crippen molar-refractivity contribution >= 4 is 28.7 Å². The Morgan fingerprint density at radius 1 is 1.16 bits per heavy atom. The SMILES string of the molecule is CCOC(=O)c1nnc2ccc(-c3cnn(C(=O)OC(C)(C)C)c3)cc2c1NC(C)C. The Morgan fingerprint density at radius 2 is 1.90 bits per heavy atom. The van der Waals surface area contributed by atoms with E-state index < -0.39 is 17.7 Å². The molecule has 0 spiro atoms. The Kier molecular flexibility index (Phi) is 6.24. The number of hydrogen-bond acceptors (Lipinski definition) is 8. The molecular formula is C22H27N5O4. The molecule has 2 aromatic heterocycles. The molecule has 2 heterocycles. The van der Waals surface area contributed by atoms with Gasteiger partial charge >= 0.3 is 12.1 Å². The van der Waals surface area contributed by atoms with Crippen LogP contribution in [0.5, 0.6) is 0 Å². The number of benzene rings is 1. The zero-order valence-electron chi connectivity index (χ0n) is 18.6. The number of nitrogens with zero attached hydrogens (tertiary/aromatic N) is 4. The Hall–Kier alpha value is -3.49. The van der Waals surface area contributed by atoms with Crippen LogP contribution in [0.25, 0.3) is 22.0 Å². The summed E-state index contributed by atoms with van der Waals surface area (Å²) >= 11 is 0. The van der Waals surface area contributed by atoms with Gasteiger partial charge in [0.1, 0.15) is 5.60 Å². The quantitative estimate of drug-likeness (QED) is 0.604. The number of anilines is 1. The van der Waals surface area contributed by atoms with Gasteiger partial charge in [-0.25, -0.2) is 9.59 Å². The van der Waals surface area contributed by atoms with E-state index >= 15 is 0 Å². The third kappa shape index (κ3) is 5.17. The summed E-state index contributed by atoms with van der Waals surface area (Å²) in [5.74, 6) is -0.539. The van der Waals surface area contributed by atoms with Gasteiger partial charge in [-0.1, -0.05) is 6.07 Å². The number of aromatic nitrogens is 4. The molecule has 0 fully saturated rings. The fraction of sp³-hybridized carbons (Fsp3) is 0.409. The minimum Gasteiger partial charge on any atom is -0.461 e. The molecule has 0 radical (unpaired) electrons. The first-order valence-corrected chi connectivity index (χ1v) is 10.1. The van der Waals surface area contributed by atoms with Gasteiger partial charge in [-0.2, -0.15) is 9.78 Å². The summed E-state index contributed by atoms with van der Waals surface area (Å²) in [6.07, 6.45) is 2.63. The molecule has 0 saturated carbocycles. The number of ether oxygens (including phenoxy) is 2.